The van der Waals surface area contributed by atoms with Gasteiger partial charge in [-0.15, -0.1) is 0 Å². The molecule has 1 saturated heterocycles. The van der Waals surface area contributed by atoms with Crippen molar-refractivity contribution in [3.63, 3.8) is 0 Å². The number of hydrogen-bond donors (Lipinski definition) is 2. The number of rotatable bonds is 5. The fraction of sp³-hybridized carbons (Fsp3) is 0.562. The number of anilines is 1. The second kappa shape index (κ2) is 6.02. The van der Waals surface area contributed by atoms with Gasteiger partial charge < -0.3 is 16.0 Å². The summed E-state index contributed by atoms with van der Waals surface area (Å²) in [5.41, 5.74) is 7.45. The number of nitrogens with one attached hydrogen (secondary N) is 1. The standard InChI is InChI=1S/C16H22FN3O/c17-13-1-4-15(12(9-13)10-19-14-2-3-14)20-7-5-11(6-8-20)16(18)21/h1,4,9,11,14,19H,2-3,5-8,10H2,(H2,18,21). The second-order valence-electron chi connectivity index (χ2n) is 6.09. The highest BCUT2D eigenvalue weighted by Gasteiger charge is 2.25. The summed E-state index contributed by atoms with van der Waals surface area (Å²) in [4.78, 5) is 13.5. The molecule has 114 valence electrons. The molecule has 0 unspecified atom stereocenters. The number of nitrogens with zero attached hydrogens (tertiary/aromatic N) is 1. The van der Waals surface area contributed by atoms with Crippen molar-refractivity contribution >= 4 is 11.6 Å². The molecule has 0 atom stereocenters. The minimum atomic E-state index is -0.204. The molecule has 5 heteroatoms. The minimum Gasteiger partial charge on any atom is -0.371 e. The Morgan fingerprint density at radius 1 is 1.29 bits per heavy atom. The van der Waals surface area contributed by atoms with E-state index in [-0.39, 0.29) is 17.6 Å². The van der Waals surface area contributed by atoms with Gasteiger partial charge >= 0.3 is 0 Å². The molecule has 1 amide bonds. The maximum absolute atomic E-state index is 13.5. The van der Waals surface area contributed by atoms with Crippen LogP contribution in [0.15, 0.2) is 18.2 Å². The predicted molar refractivity (Wildman–Crippen MR) is 80.4 cm³/mol. The van der Waals surface area contributed by atoms with Crippen LogP contribution in [0, 0.1) is 11.7 Å². The Morgan fingerprint density at radius 3 is 2.62 bits per heavy atom. The monoisotopic (exact) mass is 291 g/mol. The zero-order valence-corrected chi connectivity index (χ0v) is 12.1. The Labute approximate surface area is 124 Å². The number of primary amides is 1. The summed E-state index contributed by atoms with van der Waals surface area (Å²) < 4.78 is 13.5. The van der Waals surface area contributed by atoms with E-state index >= 15 is 0 Å². The molecule has 3 rings (SSSR count). The molecule has 0 spiro atoms. The lowest BCUT2D eigenvalue weighted by Gasteiger charge is -2.33. The maximum Gasteiger partial charge on any atom is 0.220 e. The van der Waals surface area contributed by atoms with Crippen LogP contribution < -0.4 is 16.0 Å². The van der Waals surface area contributed by atoms with Crippen LogP contribution in [0.1, 0.15) is 31.2 Å². The van der Waals surface area contributed by atoms with Crippen molar-refractivity contribution < 1.29 is 9.18 Å². The van der Waals surface area contributed by atoms with E-state index in [0.717, 1.165) is 37.2 Å². The second-order valence-corrected chi connectivity index (χ2v) is 6.09. The summed E-state index contributed by atoms with van der Waals surface area (Å²) in [6, 6.07) is 5.58. The van der Waals surface area contributed by atoms with Gasteiger partial charge in [-0.3, -0.25) is 4.79 Å². The van der Waals surface area contributed by atoms with E-state index in [9.17, 15) is 9.18 Å². The van der Waals surface area contributed by atoms with Crippen LogP contribution in [0.5, 0.6) is 0 Å². The zero-order valence-electron chi connectivity index (χ0n) is 12.1. The van der Waals surface area contributed by atoms with Gasteiger partial charge in [-0.2, -0.15) is 0 Å². The lowest BCUT2D eigenvalue weighted by molar-refractivity contribution is -0.122. The molecule has 2 fully saturated rings. The van der Waals surface area contributed by atoms with Gasteiger partial charge in [-0.05, 0) is 49.4 Å². The number of hydrogen-bond acceptors (Lipinski definition) is 3. The summed E-state index contributed by atoms with van der Waals surface area (Å²) in [6.07, 6.45) is 3.99. The number of halogens is 1. The van der Waals surface area contributed by atoms with Gasteiger partial charge in [-0.1, -0.05) is 0 Å². The fourth-order valence-electron chi connectivity index (χ4n) is 2.95. The fourth-order valence-corrected chi connectivity index (χ4v) is 2.95. The van der Waals surface area contributed by atoms with Crippen molar-refractivity contribution in [3.8, 4) is 0 Å². The molecular formula is C16H22FN3O. The Hall–Kier alpha value is -1.62. The van der Waals surface area contributed by atoms with Crippen LogP contribution in [0.4, 0.5) is 10.1 Å². The van der Waals surface area contributed by atoms with E-state index in [1.54, 1.807) is 6.07 Å². The molecule has 0 radical (unpaired) electrons. The number of carbonyl (C=O) groups is 1. The number of benzene rings is 1. The highest BCUT2D eigenvalue weighted by atomic mass is 19.1. The first-order chi connectivity index (χ1) is 10.1. The van der Waals surface area contributed by atoms with Crippen LogP contribution in [0.25, 0.3) is 0 Å². The SMILES string of the molecule is NC(=O)C1CCN(c2ccc(F)cc2CNC2CC2)CC1. The maximum atomic E-state index is 13.5. The summed E-state index contributed by atoms with van der Waals surface area (Å²) in [6.45, 7) is 2.30. The molecule has 4 nitrogen and oxygen atoms in total. The van der Waals surface area contributed by atoms with E-state index in [4.69, 9.17) is 5.73 Å². The molecule has 1 aliphatic heterocycles. The predicted octanol–water partition coefficient (Wildman–Crippen LogP) is 1.78. The first-order valence-electron chi connectivity index (χ1n) is 7.69. The Kier molecular flexibility index (Phi) is 4.10. The van der Waals surface area contributed by atoms with Crippen LogP contribution in [-0.4, -0.2) is 25.0 Å². The summed E-state index contributed by atoms with van der Waals surface area (Å²) >= 11 is 0. The molecular weight excluding hydrogens is 269 g/mol. The first kappa shape index (κ1) is 14.3. The van der Waals surface area contributed by atoms with Gasteiger partial charge in [0.15, 0.2) is 0 Å². The van der Waals surface area contributed by atoms with Crippen molar-refractivity contribution in [2.45, 2.75) is 38.3 Å². The first-order valence-corrected chi connectivity index (χ1v) is 7.69. The topological polar surface area (TPSA) is 58.4 Å². The van der Waals surface area contributed by atoms with E-state index in [1.807, 2.05) is 6.07 Å². The minimum absolute atomic E-state index is 0.0188. The quantitative estimate of drug-likeness (QED) is 0.869. The van der Waals surface area contributed by atoms with Crippen LogP contribution in [-0.2, 0) is 11.3 Å². The molecule has 0 bridgehead atoms. The third-order valence-corrected chi connectivity index (χ3v) is 4.44. The molecule has 3 N–H and O–H groups in total. The van der Waals surface area contributed by atoms with E-state index in [0.29, 0.717) is 12.6 Å². The molecule has 1 aromatic carbocycles. The molecule has 1 aliphatic carbocycles. The average molecular weight is 291 g/mol. The van der Waals surface area contributed by atoms with E-state index in [2.05, 4.69) is 10.2 Å². The zero-order chi connectivity index (χ0) is 14.8. The van der Waals surface area contributed by atoms with Gasteiger partial charge in [0, 0.05) is 37.3 Å². The van der Waals surface area contributed by atoms with Crippen LogP contribution >= 0.6 is 0 Å². The average Bonchev–Trinajstić information content (AvgIpc) is 3.29. The van der Waals surface area contributed by atoms with Crippen molar-refractivity contribution in [3.05, 3.63) is 29.6 Å². The lowest BCUT2D eigenvalue weighted by Crippen LogP contribution is -2.39. The Bertz CT molecular complexity index is 522. The lowest BCUT2D eigenvalue weighted by atomic mass is 9.95. The highest BCUT2D eigenvalue weighted by Crippen LogP contribution is 2.28. The van der Waals surface area contributed by atoms with Crippen LogP contribution in [0.3, 0.4) is 0 Å². The summed E-state index contributed by atoms with van der Waals surface area (Å²) in [5.74, 6) is -0.419. The molecule has 0 aromatic heterocycles. The molecule has 1 heterocycles. The number of nitrogens with two attached hydrogens (primary N) is 1. The van der Waals surface area contributed by atoms with Crippen molar-refractivity contribution in [1.82, 2.24) is 5.32 Å². The largest absolute Gasteiger partial charge is 0.371 e. The van der Waals surface area contributed by atoms with Gasteiger partial charge in [0.05, 0.1) is 0 Å². The van der Waals surface area contributed by atoms with Crippen molar-refractivity contribution in [1.29, 1.82) is 0 Å². The third kappa shape index (κ3) is 3.53. The van der Waals surface area contributed by atoms with Gasteiger partial charge in [0.25, 0.3) is 0 Å². The molecule has 21 heavy (non-hydrogen) atoms. The number of piperidine rings is 1. The molecule has 1 saturated carbocycles. The normalized spacial score (nSPS) is 19.8. The van der Waals surface area contributed by atoms with E-state index < -0.39 is 0 Å². The van der Waals surface area contributed by atoms with Gasteiger partial charge in [0.2, 0.25) is 5.91 Å². The van der Waals surface area contributed by atoms with Gasteiger partial charge in [0.1, 0.15) is 5.82 Å². The number of carbonyl (C=O) groups excluding carboxylic acids is 1. The summed E-state index contributed by atoms with van der Waals surface area (Å²) in [7, 11) is 0. The van der Waals surface area contributed by atoms with Crippen molar-refractivity contribution in [2.75, 3.05) is 18.0 Å². The smallest absolute Gasteiger partial charge is 0.220 e. The van der Waals surface area contributed by atoms with E-state index in [1.165, 1.54) is 18.9 Å². The van der Waals surface area contributed by atoms with Crippen LogP contribution in [0.2, 0.25) is 0 Å². The highest BCUT2D eigenvalue weighted by molar-refractivity contribution is 5.77. The Morgan fingerprint density at radius 2 is 2.00 bits per heavy atom. The summed E-state index contributed by atoms with van der Waals surface area (Å²) in [5, 5.41) is 3.44. The molecule has 2 aliphatic rings. The van der Waals surface area contributed by atoms with Gasteiger partial charge in [-0.25, -0.2) is 4.39 Å². The molecule has 1 aromatic rings. The van der Waals surface area contributed by atoms with Crippen molar-refractivity contribution in [2.24, 2.45) is 11.7 Å². The third-order valence-electron chi connectivity index (χ3n) is 4.44. The Balaban J connectivity index is 1.70. The number of amides is 1.